The molecule has 0 unspecified atom stereocenters. The molecule has 2 aliphatic rings. The molecule has 0 aromatic heterocycles. The molecular formula is C20H35N3O6. The molecule has 0 bridgehead atoms. The highest BCUT2D eigenvalue weighted by atomic mass is 16.7. The number of ether oxygens (including phenoxy) is 3. The third-order valence-electron chi connectivity index (χ3n) is 5.61. The molecule has 0 radical (unpaired) electrons. The lowest BCUT2D eigenvalue weighted by Crippen LogP contribution is -2.50. The second kappa shape index (κ2) is 11.5. The van der Waals surface area contributed by atoms with E-state index in [4.69, 9.17) is 14.2 Å². The third kappa shape index (κ3) is 6.38. The molecule has 1 saturated carbocycles. The molecule has 166 valence electrons. The van der Waals surface area contributed by atoms with E-state index in [0.717, 1.165) is 24.2 Å². The van der Waals surface area contributed by atoms with Crippen molar-refractivity contribution in [1.29, 1.82) is 0 Å². The number of rotatable bonds is 12. The molecular weight excluding hydrogens is 378 g/mol. The zero-order chi connectivity index (χ0) is 21.3. The Bertz CT molecular complexity index is 556. The minimum Gasteiger partial charge on any atom is -0.374 e. The number of carbonyl (C=O) groups is 3. The number of imide groups is 1. The van der Waals surface area contributed by atoms with Crippen molar-refractivity contribution in [1.82, 2.24) is 15.5 Å². The molecule has 1 saturated heterocycles. The summed E-state index contributed by atoms with van der Waals surface area (Å²) in [6, 6.07) is -0.479. The molecule has 1 aliphatic heterocycles. The van der Waals surface area contributed by atoms with Gasteiger partial charge in [0.05, 0.1) is 13.2 Å². The van der Waals surface area contributed by atoms with Crippen LogP contribution in [0.4, 0.5) is 4.79 Å². The van der Waals surface area contributed by atoms with Crippen LogP contribution in [0, 0.1) is 5.92 Å². The molecule has 4 amide bonds. The monoisotopic (exact) mass is 413 g/mol. The van der Waals surface area contributed by atoms with Crippen LogP contribution >= 0.6 is 0 Å². The summed E-state index contributed by atoms with van der Waals surface area (Å²) >= 11 is 0. The lowest BCUT2D eigenvalue weighted by atomic mass is 9.75. The van der Waals surface area contributed by atoms with E-state index in [1.807, 2.05) is 13.8 Å². The Morgan fingerprint density at radius 3 is 2.45 bits per heavy atom. The van der Waals surface area contributed by atoms with Gasteiger partial charge in [0.1, 0.15) is 12.1 Å². The first-order valence-corrected chi connectivity index (χ1v) is 10.7. The van der Waals surface area contributed by atoms with Crippen molar-refractivity contribution in [3.63, 3.8) is 0 Å². The normalized spacial score (nSPS) is 24.4. The zero-order valence-electron chi connectivity index (χ0n) is 17.8. The maximum Gasteiger partial charge on any atom is 0.325 e. The maximum absolute atomic E-state index is 12.8. The quantitative estimate of drug-likeness (QED) is 0.285. The topological polar surface area (TPSA) is 106 Å². The molecule has 1 spiro atoms. The van der Waals surface area contributed by atoms with Gasteiger partial charge in [0, 0.05) is 19.8 Å². The molecule has 2 rings (SSSR count). The van der Waals surface area contributed by atoms with Crippen LogP contribution in [-0.4, -0.2) is 74.1 Å². The number of nitrogens with zero attached hydrogens (tertiary/aromatic N) is 1. The molecule has 1 aliphatic carbocycles. The lowest BCUT2D eigenvalue weighted by molar-refractivity contribution is -0.167. The van der Waals surface area contributed by atoms with Gasteiger partial charge in [-0.25, -0.2) is 4.79 Å². The van der Waals surface area contributed by atoms with Crippen molar-refractivity contribution >= 4 is 17.8 Å². The van der Waals surface area contributed by atoms with Gasteiger partial charge in [-0.1, -0.05) is 13.3 Å². The summed E-state index contributed by atoms with van der Waals surface area (Å²) in [5.74, 6) is -0.0602. The van der Waals surface area contributed by atoms with Crippen molar-refractivity contribution in [3.8, 4) is 0 Å². The molecule has 0 aromatic carbocycles. The highest BCUT2D eigenvalue weighted by molar-refractivity contribution is 6.09. The number of urea groups is 1. The fourth-order valence-corrected chi connectivity index (χ4v) is 3.90. The largest absolute Gasteiger partial charge is 0.374 e. The second-order valence-corrected chi connectivity index (χ2v) is 7.52. The van der Waals surface area contributed by atoms with E-state index in [9.17, 15) is 14.4 Å². The number of amides is 4. The zero-order valence-corrected chi connectivity index (χ0v) is 17.8. The summed E-state index contributed by atoms with van der Waals surface area (Å²) in [5, 5.41) is 5.51. The van der Waals surface area contributed by atoms with Crippen LogP contribution < -0.4 is 10.6 Å². The Morgan fingerprint density at radius 1 is 1.21 bits per heavy atom. The van der Waals surface area contributed by atoms with Gasteiger partial charge in [-0.3, -0.25) is 14.5 Å². The van der Waals surface area contributed by atoms with Gasteiger partial charge in [0.2, 0.25) is 5.91 Å². The van der Waals surface area contributed by atoms with Crippen LogP contribution in [0.15, 0.2) is 0 Å². The Morgan fingerprint density at radius 2 is 1.86 bits per heavy atom. The predicted molar refractivity (Wildman–Crippen MR) is 106 cm³/mol. The first-order chi connectivity index (χ1) is 14.0. The smallest absolute Gasteiger partial charge is 0.325 e. The van der Waals surface area contributed by atoms with Crippen molar-refractivity contribution < 1.29 is 28.6 Å². The average molecular weight is 414 g/mol. The van der Waals surface area contributed by atoms with E-state index in [2.05, 4.69) is 17.6 Å². The van der Waals surface area contributed by atoms with Crippen LogP contribution in [0.5, 0.6) is 0 Å². The highest BCUT2D eigenvalue weighted by Crippen LogP contribution is 2.37. The standard InChI is InChI=1S/C20H35N3O6/c1-4-15-7-9-20(10-8-15)18(25)23(19(26)22-20)13-16(24)21-11-12-27-14-17(28-5-2)29-6-3/h15,17H,4-14H2,1-3H3,(H,21,24)(H,22,26). The number of hydrogen-bond acceptors (Lipinski definition) is 6. The van der Waals surface area contributed by atoms with Crippen LogP contribution in [-0.2, 0) is 23.8 Å². The van der Waals surface area contributed by atoms with Crippen molar-refractivity contribution in [2.24, 2.45) is 5.92 Å². The number of nitrogens with one attached hydrogen (secondary N) is 2. The van der Waals surface area contributed by atoms with E-state index in [1.165, 1.54) is 0 Å². The molecule has 1 heterocycles. The van der Waals surface area contributed by atoms with E-state index in [0.29, 0.717) is 32.0 Å². The van der Waals surface area contributed by atoms with Crippen LogP contribution in [0.1, 0.15) is 52.9 Å². The summed E-state index contributed by atoms with van der Waals surface area (Å²) < 4.78 is 16.2. The molecule has 0 atom stereocenters. The van der Waals surface area contributed by atoms with Gasteiger partial charge in [0.25, 0.3) is 5.91 Å². The van der Waals surface area contributed by atoms with E-state index in [-0.39, 0.29) is 38.1 Å². The van der Waals surface area contributed by atoms with Gasteiger partial charge >= 0.3 is 6.03 Å². The summed E-state index contributed by atoms with van der Waals surface area (Å²) in [5.41, 5.74) is -0.820. The first-order valence-electron chi connectivity index (χ1n) is 10.7. The Hall–Kier alpha value is -1.71. The SMILES string of the molecule is CCOC(COCCNC(=O)CN1C(=O)NC2(CCC(CC)CC2)C1=O)OCC. The average Bonchev–Trinajstić information content (AvgIpc) is 2.92. The Labute approximate surface area is 172 Å². The van der Waals surface area contributed by atoms with Crippen molar-refractivity contribution in [2.45, 2.75) is 64.7 Å². The van der Waals surface area contributed by atoms with Gasteiger partial charge in [-0.15, -0.1) is 0 Å². The van der Waals surface area contributed by atoms with Crippen LogP contribution in [0.2, 0.25) is 0 Å². The number of carbonyl (C=O) groups excluding carboxylic acids is 3. The molecule has 29 heavy (non-hydrogen) atoms. The van der Waals surface area contributed by atoms with Gasteiger partial charge in [0.15, 0.2) is 6.29 Å². The Kier molecular flexibility index (Phi) is 9.32. The van der Waals surface area contributed by atoms with Gasteiger partial charge in [-0.2, -0.15) is 0 Å². The molecule has 9 nitrogen and oxygen atoms in total. The highest BCUT2D eigenvalue weighted by Gasteiger charge is 2.52. The summed E-state index contributed by atoms with van der Waals surface area (Å²) in [4.78, 5) is 38.3. The first kappa shape index (κ1) is 23.6. The third-order valence-corrected chi connectivity index (χ3v) is 5.61. The fourth-order valence-electron chi connectivity index (χ4n) is 3.90. The molecule has 2 N–H and O–H groups in total. The van der Waals surface area contributed by atoms with Crippen LogP contribution in [0.25, 0.3) is 0 Å². The Balaban J connectivity index is 1.71. The lowest BCUT2D eigenvalue weighted by Gasteiger charge is -2.34. The molecule has 2 fully saturated rings. The van der Waals surface area contributed by atoms with Gasteiger partial charge in [-0.05, 0) is 45.4 Å². The summed E-state index contributed by atoms with van der Waals surface area (Å²) in [7, 11) is 0. The van der Waals surface area contributed by atoms with E-state index in [1.54, 1.807) is 0 Å². The minimum absolute atomic E-state index is 0.270. The van der Waals surface area contributed by atoms with E-state index < -0.39 is 17.9 Å². The maximum atomic E-state index is 12.8. The predicted octanol–water partition coefficient (Wildman–Crippen LogP) is 1.41. The second-order valence-electron chi connectivity index (χ2n) is 7.52. The van der Waals surface area contributed by atoms with E-state index >= 15 is 0 Å². The van der Waals surface area contributed by atoms with Gasteiger partial charge < -0.3 is 24.8 Å². The minimum atomic E-state index is -0.820. The molecule has 9 heteroatoms. The van der Waals surface area contributed by atoms with Crippen LogP contribution in [0.3, 0.4) is 0 Å². The molecule has 0 aromatic rings. The summed E-state index contributed by atoms with van der Waals surface area (Å²) in [6.45, 7) is 7.50. The number of hydrogen-bond donors (Lipinski definition) is 2. The van der Waals surface area contributed by atoms with Crippen molar-refractivity contribution in [3.05, 3.63) is 0 Å². The summed E-state index contributed by atoms with van der Waals surface area (Å²) in [6.07, 6.45) is 3.79. The van der Waals surface area contributed by atoms with Crippen molar-refractivity contribution in [2.75, 3.05) is 39.5 Å². The fraction of sp³-hybridized carbons (Fsp3) is 0.850.